The second-order valence-electron chi connectivity index (χ2n) is 4.08. The van der Waals surface area contributed by atoms with Crippen LogP contribution in [0.1, 0.15) is 33.1 Å². The fourth-order valence-electron chi connectivity index (χ4n) is 1.58. The van der Waals surface area contributed by atoms with Crippen LogP contribution in [0.3, 0.4) is 0 Å². The maximum Gasteiger partial charge on any atom is 0.322 e. The fourth-order valence-corrected chi connectivity index (χ4v) is 1.58. The molecule has 1 unspecified atom stereocenters. The smallest absolute Gasteiger partial charge is 0.322 e. The molecule has 0 heterocycles. The lowest BCUT2D eigenvalue weighted by Crippen LogP contribution is -2.40. The van der Waals surface area contributed by atoms with E-state index in [9.17, 15) is 4.79 Å². The Morgan fingerprint density at radius 3 is 2.56 bits per heavy atom. The molecule has 0 aromatic carbocycles. The molecule has 1 N–H and O–H groups in total. The molecule has 0 aliphatic heterocycles. The Kier molecular flexibility index (Phi) is 9.24. The summed E-state index contributed by atoms with van der Waals surface area (Å²) >= 11 is 0. The lowest BCUT2D eigenvalue weighted by atomic mass is 10.2. The Balaban J connectivity index is 3.86. The first-order valence-corrected chi connectivity index (χ1v) is 6.15. The summed E-state index contributed by atoms with van der Waals surface area (Å²) in [7, 11) is 3.53. The van der Waals surface area contributed by atoms with Crippen molar-refractivity contribution in [1.29, 1.82) is 0 Å². The average molecular weight is 230 g/mol. The molecule has 0 radical (unpaired) electrons. The molecule has 16 heavy (non-hydrogen) atoms. The highest BCUT2D eigenvalue weighted by Crippen LogP contribution is 1.99. The molecule has 0 aliphatic carbocycles. The van der Waals surface area contributed by atoms with Gasteiger partial charge in [-0.25, -0.2) is 0 Å². The molecule has 0 saturated carbocycles. The van der Waals surface area contributed by atoms with Crippen LogP contribution in [0.4, 0.5) is 0 Å². The summed E-state index contributed by atoms with van der Waals surface area (Å²) in [5.41, 5.74) is 0. The number of likely N-dealkylation sites (N-methyl/N-ethyl adjacent to an activating group) is 1. The van der Waals surface area contributed by atoms with Crippen LogP contribution in [-0.2, 0) is 9.53 Å². The zero-order valence-corrected chi connectivity index (χ0v) is 11.1. The molecule has 0 aromatic rings. The fraction of sp³-hybridized carbons (Fsp3) is 0.917. The molecule has 0 fully saturated rings. The Labute approximate surface area is 99.3 Å². The van der Waals surface area contributed by atoms with E-state index < -0.39 is 0 Å². The number of carbonyl (C=O) groups is 1. The molecule has 4 nitrogen and oxygen atoms in total. The second kappa shape index (κ2) is 9.60. The van der Waals surface area contributed by atoms with Gasteiger partial charge >= 0.3 is 5.97 Å². The third-order valence-electron chi connectivity index (χ3n) is 2.63. The molecule has 1 atom stereocenters. The molecule has 0 aliphatic rings. The number of esters is 1. The van der Waals surface area contributed by atoms with Crippen LogP contribution in [-0.4, -0.2) is 50.7 Å². The van der Waals surface area contributed by atoms with E-state index in [0.717, 1.165) is 26.1 Å². The highest BCUT2D eigenvalue weighted by atomic mass is 16.5. The Hall–Kier alpha value is -0.610. The molecule has 0 bridgehead atoms. The lowest BCUT2D eigenvalue weighted by molar-refractivity contribution is -0.143. The number of carbonyl (C=O) groups excluding carboxylic acids is 1. The van der Waals surface area contributed by atoms with Crippen molar-refractivity contribution in [2.45, 2.75) is 39.2 Å². The molecule has 0 saturated heterocycles. The maximum absolute atomic E-state index is 11.4. The number of rotatable bonds is 9. The zero-order chi connectivity index (χ0) is 12.4. The second-order valence-corrected chi connectivity index (χ2v) is 4.08. The summed E-state index contributed by atoms with van der Waals surface area (Å²) in [5.74, 6) is -0.161. The van der Waals surface area contributed by atoms with Crippen molar-refractivity contribution in [3.63, 3.8) is 0 Å². The van der Waals surface area contributed by atoms with Gasteiger partial charge < -0.3 is 15.0 Å². The predicted molar refractivity (Wildman–Crippen MR) is 66.5 cm³/mol. The van der Waals surface area contributed by atoms with Gasteiger partial charge in [-0.15, -0.1) is 0 Å². The molecule has 4 heteroatoms. The molecule has 0 amide bonds. The van der Waals surface area contributed by atoms with Crippen molar-refractivity contribution in [2.75, 3.05) is 33.8 Å². The van der Waals surface area contributed by atoms with Gasteiger partial charge in [0.2, 0.25) is 0 Å². The summed E-state index contributed by atoms with van der Waals surface area (Å²) in [6.07, 6.45) is 3.22. The highest BCUT2D eigenvalue weighted by Gasteiger charge is 2.17. The van der Waals surface area contributed by atoms with Gasteiger partial charge in [0.1, 0.15) is 6.04 Å². The van der Waals surface area contributed by atoms with Crippen LogP contribution in [0, 0.1) is 0 Å². The predicted octanol–water partition coefficient (Wildman–Crippen LogP) is 1.26. The standard InChI is InChI=1S/C12H26N2O2/c1-5-7-9-14(3)10-8-11(13-6-2)12(15)16-4/h11,13H,5-10H2,1-4H3. The van der Waals surface area contributed by atoms with E-state index >= 15 is 0 Å². The molecule has 0 aromatic heterocycles. The van der Waals surface area contributed by atoms with E-state index in [2.05, 4.69) is 24.2 Å². The topological polar surface area (TPSA) is 41.6 Å². The first-order valence-electron chi connectivity index (χ1n) is 6.15. The highest BCUT2D eigenvalue weighted by molar-refractivity contribution is 5.75. The average Bonchev–Trinajstić information content (AvgIpc) is 2.30. The van der Waals surface area contributed by atoms with Crippen LogP contribution in [0.2, 0.25) is 0 Å². The zero-order valence-electron chi connectivity index (χ0n) is 11.1. The largest absolute Gasteiger partial charge is 0.468 e. The first-order chi connectivity index (χ1) is 7.65. The minimum absolute atomic E-state index is 0.161. The number of hydrogen-bond donors (Lipinski definition) is 1. The molecule has 0 spiro atoms. The monoisotopic (exact) mass is 230 g/mol. The quantitative estimate of drug-likeness (QED) is 0.606. The Bertz CT molecular complexity index is 186. The summed E-state index contributed by atoms with van der Waals surface area (Å²) in [5, 5.41) is 3.14. The van der Waals surface area contributed by atoms with Gasteiger partial charge in [-0.2, -0.15) is 0 Å². The number of nitrogens with one attached hydrogen (secondary N) is 1. The summed E-state index contributed by atoms with van der Waals surface area (Å²) in [6.45, 7) is 6.99. The minimum Gasteiger partial charge on any atom is -0.468 e. The Morgan fingerprint density at radius 1 is 1.38 bits per heavy atom. The van der Waals surface area contributed by atoms with Crippen molar-refractivity contribution in [2.24, 2.45) is 0 Å². The van der Waals surface area contributed by atoms with Crippen LogP contribution >= 0.6 is 0 Å². The number of nitrogens with zero attached hydrogens (tertiary/aromatic N) is 1. The van der Waals surface area contributed by atoms with E-state index in [1.807, 2.05) is 6.92 Å². The molecular weight excluding hydrogens is 204 g/mol. The van der Waals surface area contributed by atoms with E-state index in [1.54, 1.807) is 0 Å². The van der Waals surface area contributed by atoms with Gasteiger partial charge in [0.05, 0.1) is 7.11 Å². The van der Waals surface area contributed by atoms with Crippen molar-refractivity contribution < 1.29 is 9.53 Å². The molecule has 0 rings (SSSR count). The van der Waals surface area contributed by atoms with E-state index in [1.165, 1.54) is 20.0 Å². The van der Waals surface area contributed by atoms with Gasteiger partial charge in [-0.05, 0) is 39.5 Å². The molecule has 96 valence electrons. The summed E-state index contributed by atoms with van der Waals surface area (Å²) in [4.78, 5) is 13.7. The third kappa shape index (κ3) is 6.80. The van der Waals surface area contributed by atoms with Crippen LogP contribution in [0.15, 0.2) is 0 Å². The molecular formula is C12H26N2O2. The van der Waals surface area contributed by atoms with E-state index in [-0.39, 0.29) is 12.0 Å². The van der Waals surface area contributed by atoms with E-state index in [0.29, 0.717) is 0 Å². The maximum atomic E-state index is 11.4. The van der Waals surface area contributed by atoms with Crippen molar-refractivity contribution >= 4 is 5.97 Å². The van der Waals surface area contributed by atoms with Crippen molar-refractivity contribution in [3.05, 3.63) is 0 Å². The van der Waals surface area contributed by atoms with Gasteiger partial charge in [0.25, 0.3) is 0 Å². The number of ether oxygens (including phenoxy) is 1. The van der Waals surface area contributed by atoms with Crippen molar-refractivity contribution in [3.8, 4) is 0 Å². The number of hydrogen-bond acceptors (Lipinski definition) is 4. The summed E-state index contributed by atoms with van der Waals surface area (Å²) in [6, 6.07) is -0.168. The van der Waals surface area contributed by atoms with Crippen LogP contribution in [0.5, 0.6) is 0 Å². The number of unbranched alkanes of at least 4 members (excludes halogenated alkanes) is 1. The van der Waals surface area contributed by atoms with Gasteiger partial charge in [0, 0.05) is 0 Å². The first kappa shape index (κ1) is 15.4. The normalized spacial score (nSPS) is 12.8. The van der Waals surface area contributed by atoms with Gasteiger partial charge in [-0.3, -0.25) is 4.79 Å². The SMILES string of the molecule is CCCCN(C)CCC(NCC)C(=O)OC. The van der Waals surface area contributed by atoms with Gasteiger partial charge in [-0.1, -0.05) is 20.3 Å². The third-order valence-corrected chi connectivity index (χ3v) is 2.63. The Morgan fingerprint density at radius 2 is 2.06 bits per heavy atom. The lowest BCUT2D eigenvalue weighted by Gasteiger charge is -2.20. The van der Waals surface area contributed by atoms with Crippen LogP contribution in [0.25, 0.3) is 0 Å². The number of methoxy groups -OCH3 is 1. The summed E-state index contributed by atoms with van der Waals surface area (Å²) < 4.78 is 4.76. The van der Waals surface area contributed by atoms with Crippen LogP contribution < -0.4 is 5.32 Å². The van der Waals surface area contributed by atoms with Gasteiger partial charge in [0.15, 0.2) is 0 Å². The van der Waals surface area contributed by atoms with Crippen molar-refractivity contribution in [1.82, 2.24) is 10.2 Å². The van der Waals surface area contributed by atoms with E-state index in [4.69, 9.17) is 4.74 Å². The minimum atomic E-state index is -0.168.